The lowest BCUT2D eigenvalue weighted by atomic mass is 10.1. The van der Waals surface area contributed by atoms with Gasteiger partial charge in [-0.25, -0.2) is 0 Å². The van der Waals surface area contributed by atoms with Crippen molar-refractivity contribution in [3.63, 3.8) is 0 Å². The standard InChI is InChI=1S/C8H6F3NO/c1-5-4-6(8(9,10)11)2-3-7(5)12-13/h2-4H,1H3. The molecule has 0 bridgehead atoms. The molecule has 0 amide bonds. The summed E-state index contributed by atoms with van der Waals surface area (Å²) in [5, 5.41) is 2.58. The molecule has 0 aliphatic heterocycles. The zero-order valence-electron chi connectivity index (χ0n) is 6.72. The number of nitrogens with zero attached hydrogens (tertiary/aromatic N) is 1. The lowest BCUT2D eigenvalue weighted by molar-refractivity contribution is -0.137. The van der Waals surface area contributed by atoms with Gasteiger partial charge in [-0.2, -0.15) is 13.2 Å². The second-order valence-corrected chi connectivity index (χ2v) is 2.59. The highest BCUT2D eigenvalue weighted by molar-refractivity contribution is 5.47. The third-order valence-electron chi connectivity index (χ3n) is 1.62. The molecule has 0 radical (unpaired) electrons. The summed E-state index contributed by atoms with van der Waals surface area (Å²) in [5.41, 5.74) is -0.504. The van der Waals surface area contributed by atoms with Crippen molar-refractivity contribution in [1.82, 2.24) is 0 Å². The Morgan fingerprint density at radius 3 is 2.31 bits per heavy atom. The van der Waals surface area contributed by atoms with E-state index in [9.17, 15) is 18.1 Å². The molecule has 0 atom stereocenters. The van der Waals surface area contributed by atoms with Gasteiger partial charge in [0.25, 0.3) is 0 Å². The number of hydrogen-bond donors (Lipinski definition) is 0. The number of alkyl halides is 3. The van der Waals surface area contributed by atoms with Crippen LogP contribution in [-0.4, -0.2) is 0 Å². The molecule has 1 aromatic carbocycles. The molecule has 13 heavy (non-hydrogen) atoms. The van der Waals surface area contributed by atoms with E-state index in [1.54, 1.807) is 0 Å². The van der Waals surface area contributed by atoms with Crippen LogP contribution in [-0.2, 0) is 6.18 Å². The zero-order valence-corrected chi connectivity index (χ0v) is 6.72. The quantitative estimate of drug-likeness (QED) is 0.622. The fraction of sp³-hybridized carbons (Fsp3) is 0.250. The molecule has 0 N–H and O–H groups in total. The molecule has 1 rings (SSSR count). The molecule has 0 aliphatic carbocycles. The van der Waals surface area contributed by atoms with Crippen LogP contribution in [0.25, 0.3) is 0 Å². The summed E-state index contributed by atoms with van der Waals surface area (Å²) in [5.74, 6) is 0. The molecule has 2 nitrogen and oxygen atoms in total. The van der Waals surface area contributed by atoms with Gasteiger partial charge in [-0.15, -0.1) is 4.91 Å². The molecule has 0 saturated carbocycles. The maximum Gasteiger partial charge on any atom is 0.416 e. The van der Waals surface area contributed by atoms with Crippen LogP contribution in [0.3, 0.4) is 0 Å². The summed E-state index contributed by atoms with van der Waals surface area (Å²) in [4.78, 5) is 10.1. The number of aryl methyl sites for hydroxylation is 1. The van der Waals surface area contributed by atoms with Crippen molar-refractivity contribution in [2.45, 2.75) is 13.1 Å². The molecule has 0 heterocycles. The van der Waals surface area contributed by atoms with Crippen molar-refractivity contribution in [3.05, 3.63) is 34.2 Å². The SMILES string of the molecule is Cc1cc(C(F)(F)F)ccc1N=O. The minimum atomic E-state index is -4.37. The van der Waals surface area contributed by atoms with Gasteiger partial charge in [-0.05, 0) is 35.9 Å². The van der Waals surface area contributed by atoms with E-state index >= 15 is 0 Å². The van der Waals surface area contributed by atoms with Gasteiger partial charge in [0.1, 0.15) is 5.69 Å². The zero-order chi connectivity index (χ0) is 10.1. The minimum absolute atomic E-state index is 0.0352. The smallest absolute Gasteiger partial charge is 0.166 e. The van der Waals surface area contributed by atoms with Crippen molar-refractivity contribution in [1.29, 1.82) is 0 Å². The van der Waals surface area contributed by atoms with Gasteiger partial charge in [0.15, 0.2) is 0 Å². The van der Waals surface area contributed by atoms with E-state index in [1.165, 1.54) is 6.92 Å². The molecule has 0 spiro atoms. The fourth-order valence-electron chi connectivity index (χ4n) is 0.934. The second-order valence-electron chi connectivity index (χ2n) is 2.59. The fourth-order valence-corrected chi connectivity index (χ4v) is 0.934. The number of rotatable bonds is 1. The molecular weight excluding hydrogens is 183 g/mol. The lowest BCUT2D eigenvalue weighted by Crippen LogP contribution is -2.04. The normalized spacial score (nSPS) is 11.4. The van der Waals surface area contributed by atoms with Gasteiger partial charge in [0.05, 0.1) is 5.56 Å². The highest BCUT2D eigenvalue weighted by Crippen LogP contribution is 2.32. The number of benzene rings is 1. The highest BCUT2D eigenvalue weighted by atomic mass is 19.4. The van der Waals surface area contributed by atoms with Crippen molar-refractivity contribution in [3.8, 4) is 0 Å². The first-order valence-corrected chi connectivity index (χ1v) is 3.46. The van der Waals surface area contributed by atoms with E-state index in [2.05, 4.69) is 5.18 Å². The van der Waals surface area contributed by atoms with Gasteiger partial charge in [-0.3, -0.25) is 0 Å². The first-order valence-electron chi connectivity index (χ1n) is 3.46. The predicted octanol–water partition coefficient (Wildman–Crippen LogP) is 3.41. The van der Waals surface area contributed by atoms with Crippen LogP contribution < -0.4 is 0 Å². The third-order valence-corrected chi connectivity index (χ3v) is 1.62. The summed E-state index contributed by atoms with van der Waals surface area (Å²) in [6, 6.07) is 2.80. The third kappa shape index (κ3) is 2.05. The molecule has 5 heteroatoms. The van der Waals surface area contributed by atoms with Crippen molar-refractivity contribution < 1.29 is 13.2 Å². The summed E-state index contributed by atoms with van der Waals surface area (Å²) < 4.78 is 36.3. The Hall–Kier alpha value is -1.39. The van der Waals surface area contributed by atoms with Crippen LogP contribution in [0, 0.1) is 11.8 Å². The Kier molecular flexibility index (Phi) is 2.36. The largest absolute Gasteiger partial charge is 0.416 e. The van der Waals surface area contributed by atoms with Crippen LogP contribution >= 0.6 is 0 Å². The van der Waals surface area contributed by atoms with Gasteiger partial charge in [0, 0.05) is 0 Å². The Morgan fingerprint density at radius 2 is 1.92 bits per heavy atom. The second kappa shape index (κ2) is 3.16. The molecule has 0 fully saturated rings. The molecule has 0 aliphatic rings. The van der Waals surface area contributed by atoms with E-state index < -0.39 is 11.7 Å². The molecule has 1 aromatic rings. The van der Waals surface area contributed by atoms with E-state index in [0.29, 0.717) is 0 Å². The van der Waals surface area contributed by atoms with Crippen LogP contribution in [0.1, 0.15) is 11.1 Å². The molecule has 0 aromatic heterocycles. The summed E-state index contributed by atoms with van der Waals surface area (Å²) in [7, 11) is 0. The summed E-state index contributed by atoms with van der Waals surface area (Å²) in [6.45, 7) is 1.41. The van der Waals surface area contributed by atoms with E-state index in [-0.39, 0.29) is 11.3 Å². The molecule has 0 saturated heterocycles. The Labute approximate surface area is 72.4 Å². The average Bonchev–Trinajstić information content (AvgIpc) is 2.02. The van der Waals surface area contributed by atoms with Gasteiger partial charge in [-0.1, -0.05) is 0 Å². The topological polar surface area (TPSA) is 29.4 Å². The lowest BCUT2D eigenvalue weighted by Gasteiger charge is -2.07. The first kappa shape index (κ1) is 9.70. The summed E-state index contributed by atoms with van der Waals surface area (Å²) in [6.07, 6.45) is -4.37. The van der Waals surface area contributed by atoms with Crippen LogP contribution in [0.5, 0.6) is 0 Å². The van der Waals surface area contributed by atoms with Crippen molar-refractivity contribution >= 4 is 5.69 Å². The maximum atomic E-state index is 12.1. The van der Waals surface area contributed by atoms with Gasteiger partial charge >= 0.3 is 6.18 Å². The van der Waals surface area contributed by atoms with Gasteiger partial charge < -0.3 is 0 Å². The maximum absolute atomic E-state index is 12.1. The Bertz CT molecular complexity index is 333. The number of nitroso groups, excluding NO2 is 1. The van der Waals surface area contributed by atoms with E-state index in [1.807, 2.05) is 0 Å². The van der Waals surface area contributed by atoms with Gasteiger partial charge in [0.2, 0.25) is 0 Å². The van der Waals surface area contributed by atoms with E-state index in [0.717, 1.165) is 18.2 Å². The monoisotopic (exact) mass is 189 g/mol. The molecular formula is C8H6F3NO. The Balaban J connectivity index is 3.17. The predicted molar refractivity (Wildman–Crippen MR) is 41.6 cm³/mol. The number of hydrogen-bond acceptors (Lipinski definition) is 2. The van der Waals surface area contributed by atoms with E-state index in [4.69, 9.17) is 0 Å². The van der Waals surface area contributed by atoms with Crippen LogP contribution in [0.4, 0.5) is 18.9 Å². The highest BCUT2D eigenvalue weighted by Gasteiger charge is 2.30. The first-order chi connectivity index (χ1) is 5.95. The molecule has 70 valence electrons. The van der Waals surface area contributed by atoms with Crippen molar-refractivity contribution in [2.24, 2.45) is 5.18 Å². The number of halogens is 3. The Morgan fingerprint density at radius 1 is 1.31 bits per heavy atom. The molecule has 0 unspecified atom stereocenters. The average molecular weight is 189 g/mol. The minimum Gasteiger partial charge on any atom is -0.166 e. The van der Waals surface area contributed by atoms with Crippen LogP contribution in [0.2, 0.25) is 0 Å². The summed E-state index contributed by atoms with van der Waals surface area (Å²) >= 11 is 0. The van der Waals surface area contributed by atoms with Crippen molar-refractivity contribution in [2.75, 3.05) is 0 Å². The van der Waals surface area contributed by atoms with Crippen LogP contribution in [0.15, 0.2) is 23.4 Å².